The Morgan fingerprint density at radius 2 is 2.24 bits per heavy atom. The zero-order valence-electron chi connectivity index (χ0n) is 12.6. The summed E-state index contributed by atoms with van der Waals surface area (Å²) in [7, 11) is 0. The van der Waals surface area contributed by atoms with E-state index in [-0.39, 0.29) is 18.0 Å². The van der Waals surface area contributed by atoms with E-state index in [0.717, 1.165) is 18.7 Å². The van der Waals surface area contributed by atoms with E-state index in [9.17, 15) is 4.79 Å². The van der Waals surface area contributed by atoms with Crippen LogP contribution in [0, 0.1) is 11.3 Å². The average Bonchev–Trinajstić information content (AvgIpc) is 2.54. The average molecular weight is 286 g/mol. The predicted molar refractivity (Wildman–Crippen MR) is 81.6 cm³/mol. The Morgan fingerprint density at radius 1 is 1.52 bits per heavy atom. The van der Waals surface area contributed by atoms with Crippen molar-refractivity contribution in [1.29, 1.82) is 5.26 Å². The van der Waals surface area contributed by atoms with Crippen molar-refractivity contribution in [1.82, 2.24) is 15.5 Å². The Morgan fingerprint density at radius 3 is 2.86 bits per heavy atom. The molecule has 0 bridgehead atoms. The zero-order chi connectivity index (χ0) is 15.2. The molecule has 5 nitrogen and oxygen atoms in total. The summed E-state index contributed by atoms with van der Waals surface area (Å²) in [5.74, 6) is 0.0743. The zero-order valence-corrected chi connectivity index (χ0v) is 12.6. The molecule has 0 aliphatic carbocycles. The lowest BCUT2D eigenvalue weighted by Gasteiger charge is -2.39. The molecule has 1 saturated heterocycles. The van der Waals surface area contributed by atoms with Crippen molar-refractivity contribution in [2.45, 2.75) is 25.9 Å². The monoisotopic (exact) mass is 286 g/mol. The molecule has 0 aromatic heterocycles. The van der Waals surface area contributed by atoms with Gasteiger partial charge in [0.25, 0.3) is 0 Å². The number of nitrogens with zero attached hydrogens (tertiary/aromatic N) is 2. The minimum atomic E-state index is -0.149. The predicted octanol–water partition coefficient (Wildman–Crippen LogP) is 1.03. The van der Waals surface area contributed by atoms with Gasteiger partial charge in [-0.2, -0.15) is 5.26 Å². The summed E-state index contributed by atoms with van der Waals surface area (Å²) < 4.78 is 0. The Bertz CT molecular complexity index is 520. The van der Waals surface area contributed by atoms with Gasteiger partial charge in [-0.25, -0.2) is 0 Å². The Kier molecular flexibility index (Phi) is 5.32. The van der Waals surface area contributed by atoms with E-state index in [1.807, 2.05) is 31.2 Å². The summed E-state index contributed by atoms with van der Waals surface area (Å²) in [5.41, 5.74) is 1.79. The SMILES string of the molecule is CCNC(=O)C1CNCCN1C(C)c1ccc(C#N)cc1. The molecule has 2 N–H and O–H groups in total. The van der Waals surface area contributed by atoms with Crippen molar-refractivity contribution >= 4 is 5.91 Å². The van der Waals surface area contributed by atoms with Crippen LogP contribution in [0.15, 0.2) is 24.3 Å². The van der Waals surface area contributed by atoms with Crippen molar-refractivity contribution < 1.29 is 4.79 Å². The minimum Gasteiger partial charge on any atom is -0.355 e. The van der Waals surface area contributed by atoms with Gasteiger partial charge >= 0.3 is 0 Å². The number of hydrogen-bond donors (Lipinski definition) is 2. The van der Waals surface area contributed by atoms with Gasteiger partial charge in [-0.3, -0.25) is 9.69 Å². The molecule has 0 spiro atoms. The quantitative estimate of drug-likeness (QED) is 0.867. The number of nitrogens with one attached hydrogen (secondary N) is 2. The van der Waals surface area contributed by atoms with Crippen LogP contribution in [-0.2, 0) is 4.79 Å². The molecule has 1 aromatic carbocycles. The topological polar surface area (TPSA) is 68.2 Å². The number of piperazine rings is 1. The molecule has 0 saturated carbocycles. The van der Waals surface area contributed by atoms with Crippen molar-refractivity contribution in [2.24, 2.45) is 0 Å². The Balaban J connectivity index is 2.15. The largest absolute Gasteiger partial charge is 0.355 e. The number of rotatable bonds is 4. The highest BCUT2D eigenvalue weighted by Crippen LogP contribution is 2.23. The third-order valence-electron chi connectivity index (χ3n) is 3.96. The second kappa shape index (κ2) is 7.21. The van der Waals surface area contributed by atoms with E-state index in [2.05, 4.69) is 28.5 Å². The van der Waals surface area contributed by atoms with Crippen LogP contribution in [0.1, 0.15) is 31.0 Å². The lowest BCUT2D eigenvalue weighted by molar-refractivity contribution is -0.128. The van der Waals surface area contributed by atoms with Gasteiger partial charge in [0, 0.05) is 32.2 Å². The van der Waals surface area contributed by atoms with Crippen LogP contribution in [0.3, 0.4) is 0 Å². The number of carbonyl (C=O) groups excluding carboxylic acids is 1. The molecule has 21 heavy (non-hydrogen) atoms. The molecule has 1 aromatic rings. The summed E-state index contributed by atoms with van der Waals surface area (Å²) in [6.45, 7) is 7.09. The maximum atomic E-state index is 12.2. The summed E-state index contributed by atoms with van der Waals surface area (Å²) in [4.78, 5) is 14.4. The molecule has 1 fully saturated rings. The molecular formula is C16H22N4O. The number of hydrogen-bond acceptors (Lipinski definition) is 4. The van der Waals surface area contributed by atoms with Gasteiger partial charge in [0.15, 0.2) is 0 Å². The third-order valence-corrected chi connectivity index (χ3v) is 3.96. The maximum absolute atomic E-state index is 12.2. The molecule has 2 unspecified atom stereocenters. The van der Waals surface area contributed by atoms with Gasteiger partial charge in [0.05, 0.1) is 11.6 Å². The highest BCUT2D eigenvalue weighted by molar-refractivity contribution is 5.82. The second-order valence-corrected chi connectivity index (χ2v) is 5.26. The Hall–Kier alpha value is -1.90. The number of likely N-dealkylation sites (N-methyl/N-ethyl adjacent to an activating group) is 1. The first-order valence-corrected chi connectivity index (χ1v) is 7.41. The van der Waals surface area contributed by atoms with E-state index >= 15 is 0 Å². The van der Waals surface area contributed by atoms with Crippen LogP contribution in [-0.4, -0.2) is 43.0 Å². The van der Waals surface area contributed by atoms with Crippen LogP contribution >= 0.6 is 0 Å². The molecule has 2 atom stereocenters. The lowest BCUT2D eigenvalue weighted by Crippen LogP contribution is -2.58. The second-order valence-electron chi connectivity index (χ2n) is 5.26. The third kappa shape index (κ3) is 3.60. The smallest absolute Gasteiger partial charge is 0.238 e. The number of amides is 1. The molecule has 1 heterocycles. The van der Waals surface area contributed by atoms with Gasteiger partial charge in [-0.1, -0.05) is 12.1 Å². The molecule has 112 valence electrons. The standard InChI is InChI=1S/C16H22N4O/c1-3-19-16(21)15-11-18-8-9-20(15)12(2)14-6-4-13(10-17)5-7-14/h4-7,12,15,18H,3,8-9,11H2,1-2H3,(H,19,21). The summed E-state index contributed by atoms with van der Waals surface area (Å²) >= 11 is 0. The van der Waals surface area contributed by atoms with Crippen LogP contribution in [0.2, 0.25) is 0 Å². The van der Waals surface area contributed by atoms with Gasteiger partial charge in [-0.05, 0) is 31.5 Å². The van der Waals surface area contributed by atoms with E-state index < -0.39 is 0 Å². The Labute approximate surface area is 125 Å². The van der Waals surface area contributed by atoms with E-state index in [0.29, 0.717) is 18.7 Å². The molecule has 1 aliphatic heterocycles. The lowest BCUT2D eigenvalue weighted by atomic mass is 10.0. The van der Waals surface area contributed by atoms with Crippen LogP contribution < -0.4 is 10.6 Å². The van der Waals surface area contributed by atoms with Gasteiger partial charge in [0.2, 0.25) is 5.91 Å². The molecule has 5 heteroatoms. The number of benzene rings is 1. The van der Waals surface area contributed by atoms with Crippen LogP contribution in [0.5, 0.6) is 0 Å². The fraction of sp³-hybridized carbons (Fsp3) is 0.500. The molecule has 2 rings (SSSR count). The fourth-order valence-corrected chi connectivity index (χ4v) is 2.75. The number of carbonyl (C=O) groups is 1. The minimum absolute atomic E-state index is 0.0743. The molecule has 1 amide bonds. The van der Waals surface area contributed by atoms with E-state index in [1.165, 1.54) is 0 Å². The highest BCUT2D eigenvalue weighted by Gasteiger charge is 2.31. The maximum Gasteiger partial charge on any atom is 0.238 e. The van der Waals surface area contributed by atoms with E-state index in [4.69, 9.17) is 5.26 Å². The first-order chi connectivity index (χ1) is 10.2. The van der Waals surface area contributed by atoms with Gasteiger partial charge in [0.1, 0.15) is 6.04 Å². The summed E-state index contributed by atoms with van der Waals surface area (Å²) in [6.07, 6.45) is 0. The van der Waals surface area contributed by atoms with Crippen LogP contribution in [0.25, 0.3) is 0 Å². The molecular weight excluding hydrogens is 264 g/mol. The number of nitriles is 1. The first kappa shape index (κ1) is 15.5. The van der Waals surface area contributed by atoms with Gasteiger partial charge < -0.3 is 10.6 Å². The summed E-state index contributed by atoms with van der Waals surface area (Å²) in [5, 5.41) is 15.1. The van der Waals surface area contributed by atoms with Crippen LogP contribution in [0.4, 0.5) is 0 Å². The van der Waals surface area contributed by atoms with Crippen molar-refractivity contribution in [3.8, 4) is 6.07 Å². The molecule has 0 radical (unpaired) electrons. The van der Waals surface area contributed by atoms with E-state index in [1.54, 1.807) is 0 Å². The van der Waals surface area contributed by atoms with Crippen molar-refractivity contribution in [3.63, 3.8) is 0 Å². The van der Waals surface area contributed by atoms with Crippen molar-refractivity contribution in [3.05, 3.63) is 35.4 Å². The van der Waals surface area contributed by atoms with Crippen molar-refractivity contribution in [2.75, 3.05) is 26.2 Å². The normalized spacial score (nSPS) is 20.5. The molecule has 1 aliphatic rings. The first-order valence-electron chi connectivity index (χ1n) is 7.41. The van der Waals surface area contributed by atoms with Gasteiger partial charge in [-0.15, -0.1) is 0 Å². The highest BCUT2D eigenvalue weighted by atomic mass is 16.2. The summed E-state index contributed by atoms with van der Waals surface area (Å²) in [6, 6.07) is 9.73. The fourth-order valence-electron chi connectivity index (χ4n) is 2.75.